The lowest BCUT2D eigenvalue weighted by atomic mass is 10.1. The highest BCUT2D eigenvalue weighted by Crippen LogP contribution is 2.33. The number of carbonyl (C=O) groups is 2. The van der Waals surface area contributed by atoms with Crippen LogP contribution in [0.15, 0.2) is 42.5 Å². The van der Waals surface area contributed by atoms with E-state index in [2.05, 4.69) is 4.98 Å². The fourth-order valence-corrected chi connectivity index (χ4v) is 2.47. The summed E-state index contributed by atoms with van der Waals surface area (Å²) in [7, 11) is 0. The number of ketones is 1. The summed E-state index contributed by atoms with van der Waals surface area (Å²) in [5.74, 6) is -1.26. The summed E-state index contributed by atoms with van der Waals surface area (Å²) < 4.78 is 18.2. The van der Waals surface area contributed by atoms with Gasteiger partial charge in [0, 0.05) is 22.9 Å². The Morgan fingerprint density at radius 2 is 1.83 bits per heavy atom. The molecule has 0 aliphatic rings. The molecule has 1 heterocycles. The van der Waals surface area contributed by atoms with Gasteiger partial charge in [-0.1, -0.05) is 11.6 Å². The molecule has 4 nitrogen and oxygen atoms in total. The van der Waals surface area contributed by atoms with E-state index in [0.29, 0.717) is 15.9 Å². The molecule has 116 valence electrons. The molecule has 3 rings (SSSR count). The van der Waals surface area contributed by atoms with E-state index >= 15 is 0 Å². The zero-order valence-electron chi connectivity index (χ0n) is 12.0. The Balaban J connectivity index is 2.16. The van der Waals surface area contributed by atoms with E-state index in [9.17, 15) is 14.0 Å². The van der Waals surface area contributed by atoms with Gasteiger partial charge in [-0.2, -0.15) is 0 Å². The number of fused-ring (bicyclic) bond motifs is 1. The Kier molecular flexibility index (Phi) is 3.88. The van der Waals surface area contributed by atoms with E-state index in [4.69, 9.17) is 16.3 Å². The molecule has 0 fully saturated rings. The Morgan fingerprint density at radius 3 is 2.48 bits per heavy atom. The summed E-state index contributed by atoms with van der Waals surface area (Å²) in [6.07, 6.45) is 0. The lowest BCUT2D eigenvalue weighted by Gasteiger charge is -2.04. The van der Waals surface area contributed by atoms with Crippen molar-refractivity contribution in [2.75, 3.05) is 0 Å². The van der Waals surface area contributed by atoms with E-state index in [0.717, 1.165) is 0 Å². The van der Waals surface area contributed by atoms with Crippen molar-refractivity contribution in [2.45, 2.75) is 6.92 Å². The van der Waals surface area contributed by atoms with Crippen LogP contribution in [0.2, 0.25) is 5.02 Å². The number of esters is 1. The third-order valence-electron chi connectivity index (χ3n) is 3.29. The molecule has 3 aromatic rings. The zero-order valence-corrected chi connectivity index (χ0v) is 12.8. The molecule has 0 amide bonds. The van der Waals surface area contributed by atoms with Crippen LogP contribution in [0.3, 0.4) is 0 Å². The van der Waals surface area contributed by atoms with Crippen molar-refractivity contribution >= 4 is 34.3 Å². The maximum atomic E-state index is 13.0. The number of hydrogen-bond donors (Lipinski definition) is 1. The molecule has 1 aromatic heterocycles. The van der Waals surface area contributed by atoms with Gasteiger partial charge < -0.3 is 9.72 Å². The molecule has 2 aromatic carbocycles. The first-order valence-electron chi connectivity index (χ1n) is 6.75. The van der Waals surface area contributed by atoms with Crippen LogP contribution >= 0.6 is 11.6 Å². The number of aromatic amines is 1. The van der Waals surface area contributed by atoms with E-state index in [1.54, 1.807) is 18.2 Å². The zero-order chi connectivity index (χ0) is 16.6. The number of hydrogen-bond acceptors (Lipinski definition) is 3. The number of nitrogens with one attached hydrogen (secondary N) is 1. The quantitative estimate of drug-likeness (QED) is 0.580. The van der Waals surface area contributed by atoms with Crippen LogP contribution in [-0.2, 0) is 4.79 Å². The monoisotopic (exact) mass is 331 g/mol. The minimum absolute atomic E-state index is 0.115. The highest BCUT2D eigenvalue weighted by atomic mass is 35.5. The molecule has 0 bridgehead atoms. The van der Waals surface area contributed by atoms with Gasteiger partial charge >= 0.3 is 5.97 Å². The Morgan fingerprint density at radius 1 is 1.13 bits per heavy atom. The highest BCUT2D eigenvalue weighted by Gasteiger charge is 2.22. The van der Waals surface area contributed by atoms with Crippen molar-refractivity contribution < 1.29 is 18.7 Å². The lowest BCUT2D eigenvalue weighted by molar-refractivity contribution is -0.131. The fraction of sp³-hybridized carbons (Fsp3) is 0.0588. The maximum absolute atomic E-state index is 13.0. The van der Waals surface area contributed by atoms with Crippen molar-refractivity contribution in [1.29, 1.82) is 0 Å². The molecule has 0 aliphatic carbocycles. The van der Waals surface area contributed by atoms with Crippen molar-refractivity contribution in [3.05, 3.63) is 64.6 Å². The summed E-state index contributed by atoms with van der Waals surface area (Å²) in [5, 5.41) is 1.05. The number of carbonyl (C=O) groups excluding carboxylic acids is 2. The third kappa shape index (κ3) is 2.96. The minimum Gasteiger partial charge on any atom is -0.424 e. The van der Waals surface area contributed by atoms with E-state index < -0.39 is 17.6 Å². The number of aromatic nitrogens is 1. The first-order valence-corrected chi connectivity index (χ1v) is 7.13. The number of rotatable bonds is 3. The molecule has 0 saturated carbocycles. The van der Waals surface area contributed by atoms with Crippen LogP contribution in [0, 0.1) is 5.82 Å². The van der Waals surface area contributed by atoms with E-state index in [-0.39, 0.29) is 17.0 Å². The normalized spacial score (nSPS) is 10.7. The molecule has 0 radical (unpaired) electrons. The fourth-order valence-electron chi connectivity index (χ4n) is 2.30. The second-order valence-corrected chi connectivity index (χ2v) is 5.39. The van der Waals surface area contributed by atoms with Gasteiger partial charge in [-0.25, -0.2) is 4.39 Å². The second kappa shape index (κ2) is 5.85. The number of H-pyrrole nitrogens is 1. The summed E-state index contributed by atoms with van der Waals surface area (Å²) in [6, 6.07) is 10.0. The molecule has 23 heavy (non-hydrogen) atoms. The number of ether oxygens (including phenoxy) is 1. The molecular formula is C17H11ClFNO3. The predicted octanol–water partition coefficient (Wildman–Crippen LogP) is 4.12. The first-order chi connectivity index (χ1) is 11.0. The molecule has 0 atom stereocenters. The van der Waals surface area contributed by atoms with Gasteiger partial charge in [0.25, 0.3) is 0 Å². The molecular weight excluding hydrogens is 321 g/mol. The topological polar surface area (TPSA) is 59.2 Å². The summed E-state index contributed by atoms with van der Waals surface area (Å²) in [4.78, 5) is 26.9. The van der Waals surface area contributed by atoms with Crippen LogP contribution < -0.4 is 4.74 Å². The number of benzene rings is 2. The van der Waals surface area contributed by atoms with Crippen molar-refractivity contribution in [3.8, 4) is 5.75 Å². The Hall–Kier alpha value is -2.66. The maximum Gasteiger partial charge on any atom is 0.308 e. The summed E-state index contributed by atoms with van der Waals surface area (Å²) in [6.45, 7) is 1.25. The van der Waals surface area contributed by atoms with Crippen molar-refractivity contribution in [2.24, 2.45) is 0 Å². The molecule has 0 saturated heterocycles. The largest absolute Gasteiger partial charge is 0.424 e. The van der Waals surface area contributed by atoms with Crippen LogP contribution in [0.1, 0.15) is 23.0 Å². The van der Waals surface area contributed by atoms with Gasteiger partial charge in [0.2, 0.25) is 5.78 Å². The summed E-state index contributed by atoms with van der Waals surface area (Å²) in [5.41, 5.74) is 0.959. The SMILES string of the molecule is CC(=O)Oc1c(C(=O)c2ccc(F)cc2)[nH]c2cc(Cl)ccc12. The minimum atomic E-state index is -0.547. The first kappa shape index (κ1) is 15.2. The van der Waals surface area contributed by atoms with Gasteiger partial charge in [-0.3, -0.25) is 9.59 Å². The Bertz CT molecular complexity index is 915. The standard InChI is InChI=1S/C17H11ClFNO3/c1-9(21)23-17-13-7-4-11(18)8-14(13)20-15(17)16(22)10-2-5-12(19)6-3-10/h2-8,20H,1H3. The predicted molar refractivity (Wildman–Crippen MR) is 84.5 cm³/mol. The van der Waals surface area contributed by atoms with E-state index in [1.165, 1.54) is 31.2 Å². The number of halogens is 2. The summed E-state index contributed by atoms with van der Waals surface area (Å²) >= 11 is 5.95. The Labute approximate surface area is 135 Å². The third-order valence-corrected chi connectivity index (χ3v) is 3.53. The molecule has 0 spiro atoms. The van der Waals surface area contributed by atoms with Crippen LogP contribution in [0.25, 0.3) is 10.9 Å². The smallest absolute Gasteiger partial charge is 0.308 e. The lowest BCUT2D eigenvalue weighted by Crippen LogP contribution is -2.08. The van der Waals surface area contributed by atoms with Crippen LogP contribution in [-0.4, -0.2) is 16.7 Å². The van der Waals surface area contributed by atoms with Crippen LogP contribution in [0.5, 0.6) is 5.75 Å². The molecule has 1 N–H and O–H groups in total. The van der Waals surface area contributed by atoms with Crippen LogP contribution in [0.4, 0.5) is 4.39 Å². The molecule has 6 heteroatoms. The molecule has 0 unspecified atom stereocenters. The second-order valence-electron chi connectivity index (χ2n) is 4.95. The van der Waals surface area contributed by atoms with Crippen molar-refractivity contribution in [1.82, 2.24) is 4.98 Å². The highest BCUT2D eigenvalue weighted by molar-refractivity contribution is 6.31. The van der Waals surface area contributed by atoms with Gasteiger partial charge in [0.1, 0.15) is 11.5 Å². The van der Waals surface area contributed by atoms with E-state index in [1.807, 2.05) is 0 Å². The van der Waals surface area contributed by atoms with Gasteiger partial charge in [-0.05, 0) is 42.5 Å². The van der Waals surface area contributed by atoms with Gasteiger partial charge in [0.05, 0.1) is 5.52 Å². The van der Waals surface area contributed by atoms with Gasteiger partial charge in [-0.15, -0.1) is 0 Å². The average Bonchev–Trinajstić information content (AvgIpc) is 2.84. The molecule has 0 aliphatic heterocycles. The average molecular weight is 332 g/mol. The van der Waals surface area contributed by atoms with Gasteiger partial charge in [0.15, 0.2) is 5.75 Å². The van der Waals surface area contributed by atoms with Crippen molar-refractivity contribution in [3.63, 3.8) is 0 Å².